The molecule has 0 spiro atoms. The van der Waals surface area contributed by atoms with E-state index in [1.165, 1.54) is 0 Å². The van der Waals surface area contributed by atoms with Gasteiger partial charge in [0.2, 0.25) is 0 Å². The van der Waals surface area contributed by atoms with Crippen molar-refractivity contribution in [3.63, 3.8) is 0 Å². The number of hydrogen-bond acceptors (Lipinski definition) is 3. The Hall–Kier alpha value is -0.650. The second-order valence-electron chi connectivity index (χ2n) is 2.62. The van der Waals surface area contributed by atoms with E-state index in [9.17, 15) is 0 Å². The van der Waals surface area contributed by atoms with Crippen molar-refractivity contribution in [1.82, 2.24) is 9.97 Å². The molecular formula is C8H8BrN3S. The number of aromatic nitrogens is 2. The van der Waals surface area contributed by atoms with Crippen LogP contribution in [-0.4, -0.2) is 9.97 Å². The smallest absolute Gasteiger partial charge is 0.128 e. The van der Waals surface area contributed by atoms with Crippen LogP contribution in [-0.2, 0) is 0 Å². The number of halogens is 1. The average molecular weight is 258 g/mol. The number of nitrogens with zero attached hydrogens (tertiary/aromatic N) is 1. The predicted molar refractivity (Wildman–Crippen MR) is 56.6 cm³/mol. The third kappa shape index (κ3) is 1.82. The first-order valence-electron chi connectivity index (χ1n) is 3.76. The minimum absolute atomic E-state index is 0.147. The van der Waals surface area contributed by atoms with Crippen molar-refractivity contribution >= 4 is 27.3 Å². The van der Waals surface area contributed by atoms with Gasteiger partial charge in [-0.3, -0.25) is 0 Å². The number of nitrogens with two attached hydrogens (primary N) is 1. The van der Waals surface area contributed by atoms with Crippen LogP contribution >= 0.6 is 27.3 Å². The van der Waals surface area contributed by atoms with Crippen LogP contribution in [0.15, 0.2) is 28.3 Å². The van der Waals surface area contributed by atoms with Crippen molar-refractivity contribution < 1.29 is 0 Å². The number of rotatable bonds is 2. The molecular weight excluding hydrogens is 250 g/mol. The second kappa shape index (κ2) is 3.61. The maximum Gasteiger partial charge on any atom is 0.128 e. The van der Waals surface area contributed by atoms with Gasteiger partial charge in [0.05, 0.1) is 6.04 Å². The molecule has 0 amide bonds. The number of nitrogens with one attached hydrogen (secondary N) is 1. The molecule has 0 saturated carbocycles. The highest BCUT2D eigenvalue weighted by Gasteiger charge is 2.12. The Kier molecular flexibility index (Phi) is 2.48. The molecule has 0 aromatic carbocycles. The van der Waals surface area contributed by atoms with Gasteiger partial charge in [-0.15, -0.1) is 11.3 Å². The molecule has 3 N–H and O–H groups in total. The summed E-state index contributed by atoms with van der Waals surface area (Å²) in [6.45, 7) is 0. The lowest BCUT2D eigenvalue weighted by Crippen LogP contribution is -2.11. The third-order valence-corrected chi connectivity index (χ3v) is 3.48. The third-order valence-electron chi connectivity index (χ3n) is 1.71. The summed E-state index contributed by atoms with van der Waals surface area (Å²) in [6, 6.07) is 1.86. The minimum atomic E-state index is -0.147. The van der Waals surface area contributed by atoms with Crippen LogP contribution in [0.2, 0.25) is 0 Å². The summed E-state index contributed by atoms with van der Waals surface area (Å²) in [6.07, 6.45) is 3.48. The van der Waals surface area contributed by atoms with E-state index in [1.807, 2.05) is 11.4 Å². The van der Waals surface area contributed by atoms with Crippen LogP contribution in [0.3, 0.4) is 0 Å². The molecule has 0 aliphatic heterocycles. The minimum Gasteiger partial charge on any atom is -0.347 e. The molecule has 5 heteroatoms. The van der Waals surface area contributed by atoms with Gasteiger partial charge >= 0.3 is 0 Å². The van der Waals surface area contributed by atoms with Gasteiger partial charge in [0, 0.05) is 27.1 Å². The van der Waals surface area contributed by atoms with Crippen molar-refractivity contribution in [3.8, 4) is 0 Å². The van der Waals surface area contributed by atoms with Crippen LogP contribution in [0.25, 0.3) is 0 Å². The van der Waals surface area contributed by atoms with E-state index in [4.69, 9.17) is 5.73 Å². The van der Waals surface area contributed by atoms with Crippen LogP contribution < -0.4 is 5.73 Å². The van der Waals surface area contributed by atoms with Crippen LogP contribution in [0.5, 0.6) is 0 Å². The number of thiophene rings is 1. The fourth-order valence-corrected chi connectivity index (χ4v) is 2.52. The lowest BCUT2D eigenvalue weighted by Gasteiger charge is -2.04. The zero-order valence-electron chi connectivity index (χ0n) is 6.70. The van der Waals surface area contributed by atoms with Gasteiger partial charge in [0.1, 0.15) is 5.82 Å². The van der Waals surface area contributed by atoms with E-state index in [2.05, 4.69) is 25.9 Å². The molecule has 0 bridgehead atoms. The van der Waals surface area contributed by atoms with E-state index >= 15 is 0 Å². The molecule has 0 radical (unpaired) electrons. The van der Waals surface area contributed by atoms with Gasteiger partial charge in [0.15, 0.2) is 0 Å². The summed E-state index contributed by atoms with van der Waals surface area (Å²) in [5.41, 5.74) is 5.97. The second-order valence-corrected chi connectivity index (χ2v) is 4.48. The highest BCUT2D eigenvalue weighted by atomic mass is 79.9. The molecule has 68 valence electrons. The maximum absolute atomic E-state index is 5.97. The van der Waals surface area contributed by atoms with Crippen LogP contribution in [0.1, 0.15) is 16.7 Å². The molecule has 0 aliphatic rings. The zero-order chi connectivity index (χ0) is 9.26. The van der Waals surface area contributed by atoms with Gasteiger partial charge in [0.25, 0.3) is 0 Å². The summed E-state index contributed by atoms with van der Waals surface area (Å²) in [5.74, 6) is 0.800. The predicted octanol–water partition coefficient (Wildman–Crippen LogP) is 2.28. The normalized spacial score (nSPS) is 13.1. The van der Waals surface area contributed by atoms with Crippen molar-refractivity contribution in [3.05, 3.63) is 39.0 Å². The number of H-pyrrole nitrogens is 1. The first-order valence-corrected chi connectivity index (χ1v) is 5.43. The summed E-state index contributed by atoms with van der Waals surface area (Å²) in [4.78, 5) is 8.21. The van der Waals surface area contributed by atoms with E-state index in [1.54, 1.807) is 23.7 Å². The number of aromatic amines is 1. The Labute approximate surface area is 88.1 Å². The van der Waals surface area contributed by atoms with Crippen molar-refractivity contribution in [2.45, 2.75) is 6.04 Å². The topological polar surface area (TPSA) is 54.7 Å². The zero-order valence-corrected chi connectivity index (χ0v) is 9.10. The first kappa shape index (κ1) is 8.93. The molecule has 0 fully saturated rings. The summed E-state index contributed by atoms with van der Waals surface area (Å²) in [5, 5.41) is 2.01. The Morgan fingerprint density at radius 2 is 2.46 bits per heavy atom. The number of imidazole rings is 1. The maximum atomic E-state index is 5.97. The monoisotopic (exact) mass is 257 g/mol. The van der Waals surface area contributed by atoms with E-state index in [0.717, 1.165) is 15.2 Å². The molecule has 1 atom stereocenters. The Balaban J connectivity index is 2.28. The quantitative estimate of drug-likeness (QED) is 0.868. The van der Waals surface area contributed by atoms with Crippen molar-refractivity contribution in [1.29, 1.82) is 0 Å². The van der Waals surface area contributed by atoms with Crippen LogP contribution in [0.4, 0.5) is 0 Å². The van der Waals surface area contributed by atoms with Gasteiger partial charge in [-0.05, 0) is 22.0 Å². The SMILES string of the molecule is NC(c1ncc[nH]1)c1cc(Br)cs1. The van der Waals surface area contributed by atoms with Gasteiger partial charge < -0.3 is 10.7 Å². The van der Waals surface area contributed by atoms with E-state index in [-0.39, 0.29) is 6.04 Å². The largest absolute Gasteiger partial charge is 0.347 e. The van der Waals surface area contributed by atoms with Crippen molar-refractivity contribution in [2.24, 2.45) is 5.73 Å². The lowest BCUT2D eigenvalue weighted by molar-refractivity contribution is 0.817. The lowest BCUT2D eigenvalue weighted by atomic mass is 10.2. The fraction of sp³-hybridized carbons (Fsp3) is 0.125. The highest BCUT2D eigenvalue weighted by Crippen LogP contribution is 2.26. The molecule has 0 saturated heterocycles. The molecule has 13 heavy (non-hydrogen) atoms. The molecule has 3 nitrogen and oxygen atoms in total. The summed E-state index contributed by atoms with van der Waals surface area (Å²) in [7, 11) is 0. The molecule has 1 unspecified atom stereocenters. The summed E-state index contributed by atoms with van der Waals surface area (Å²) < 4.78 is 1.06. The Morgan fingerprint density at radius 3 is 3.00 bits per heavy atom. The molecule has 0 aliphatic carbocycles. The van der Waals surface area contributed by atoms with Crippen LogP contribution in [0, 0.1) is 0 Å². The van der Waals surface area contributed by atoms with Crippen molar-refractivity contribution in [2.75, 3.05) is 0 Å². The van der Waals surface area contributed by atoms with E-state index in [0.29, 0.717) is 0 Å². The Bertz CT molecular complexity index is 382. The average Bonchev–Trinajstić information content (AvgIpc) is 2.72. The highest BCUT2D eigenvalue weighted by molar-refractivity contribution is 9.10. The fourth-order valence-electron chi connectivity index (χ4n) is 1.07. The first-order chi connectivity index (χ1) is 6.27. The molecule has 2 heterocycles. The van der Waals surface area contributed by atoms with Gasteiger partial charge in [-0.2, -0.15) is 0 Å². The molecule has 2 aromatic rings. The number of hydrogen-bond donors (Lipinski definition) is 2. The molecule has 2 aromatic heterocycles. The van der Waals surface area contributed by atoms with Gasteiger partial charge in [-0.25, -0.2) is 4.98 Å². The summed E-state index contributed by atoms with van der Waals surface area (Å²) >= 11 is 5.01. The molecule has 2 rings (SSSR count). The van der Waals surface area contributed by atoms with E-state index < -0.39 is 0 Å². The Morgan fingerprint density at radius 1 is 1.62 bits per heavy atom. The van der Waals surface area contributed by atoms with Gasteiger partial charge in [-0.1, -0.05) is 0 Å². The standard InChI is InChI=1S/C8H8BrN3S/c9-5-3-6(13-4-5)7(10)8-11-1-2-12-8/h1-4,7H,10H2,(H,11,12).